The fraction of sp³-hybridized carbons (Fsp3) is 0.615. The van der Waals surface area contributed by atoms with Crippen LogP contribution in [0.15, 0.2) is 9.93 Å². The molecule has 9 heteroatoms. The van der Waals surface area contributed by atoms with Gasteiger partial charge in [-0.25, -0.2) is 4.79 Å². The smallest absolute Gasteiger partial charge is 0.354 e. The van der Waals surface area contributed by atoms with E-state index in [1.807, 2.05) is 6.92 Å². The quantitative estimate of drug-likeness (QED) is 0.378. The van der Waals surface area contributed by atoms with E-state index in [2.05, 4.69) is 0 Å². The van der Waals surface area contributed by atoms with E-state index in [1.165, 1.54) is 35.3 Å². The molecular weight excluding hydrogens is 346 g/mol. The predicted octanol–water partition coefficient (Wildman–Crippen LogP) is 2.21. The number of carboxylic acids is 1. The van der Waals surface area contributed by atoms with Crippen LogP contribution in [-0.2, 0) is 19.1 Å². The Hall–Kier alpha value is -0.640. The molecule has 1 atom stereocenters. The molecule has 1 aliphatic rings. The van der Waals surface area contributed by atoms with Crippen molar-refractivity contribution in [2.24, 2.45) is 0 Å². The topological polar surface area (TPSA) is 83.9 Å². The van der Waals surface area contributed by atoms with Gasteiger partial charge in [0.2, 0.25) is 5.91 Å². The zero-order chi connectivity index (χ0) is 16.7. The standard InChI is InChI=1S/C13H19NO5S3/c1-4-20-10-7-9(16)14(10)11(12(17)18)13(22-8(2)15)21-6-5-19-3/h10H,4-7H2,1-3H3,(H,17,18)/b13-11+. The number of hydrogen-bond acceptors (Lipinski definition) is 7. The molecule has 1 amide bonds. The molecule has 1 N–H and O–H groups in total. The van der Waals surface area contributed by atoms with Gasteiger partial charge in [-0.15, -0.1) is 23.5 Å². The highest BCUT2D eigenvalue weighted by atomic mass is 32.2. The van der Waals surface area contributed by atoms with Gasteiger partial charge in [0.1, 0.15) is 0 Å². The first-order chi connectivity index (χ1) is 10.4. The first kappa shape index (κ1) is 19.4. The Morgan fingerprint density at radius 2 is 2.14 bits per heavy atom. The summed E-state index contributed by atoms with van der Waals surface area (Å²) in [6.45, 7) is 3.76. The zero-order valence-corrected chi connectivity index (χ0v) is 15.1. The Morgan fingerprint density at radius 3 is 2.59 bits per heavy atom. The molecule has 0 radical (unpaired) electrons. The van der Waals surface area contributed by atoms with Crippen LogP contribution in [0.3, 0.4) is 0 Å². The van der Waals surface area contributed by atoms with Crippen LogP contribution < -0.4 is 0 Å². The van der Waals surface area contributed by atoms with Crippen molar-refractivity contribution >= 4 is 52.3 Å². The van der Waals surface area contributed by atoms with Gasteiger partial charge < -0.3 is 9.84 Å². The van der Waals surface area contributed by atoms with Gasteiger partial charge in [0.25, 0.3) is 0 Å². The Labute approximate surface area is 142 Å². The number of carbonyl (C=O) groups is 3. The van der Waals surface area contributed by atoms with Crippen LogP contribution in [0.5, 0.6) is 0 Å². The maximum absolute atomic E-state index is 11.9. The monoisotopic (exact) mass is 365 g/mol. The fourth-order valence-corrected chi connectivity index (χ4v) is 4.92. The number of ether oxygens (including phenoxy) is 1. The summed E-state index contributed by atoms with van der Waals surface area (Å²) in [6.07, 6.45) is 0.329. The molecule has 22 heavy (non-hydrogen) atoms. The highest BCUT2D eigenvalue weighted by Crippen LogP contribution is 2.40. The molecule has 0 saturated carbocycles. The Balaban J connectivity index is 3.09. The van der Waals surface area contributed by atoms with Crippen molar-refractivity contribution in [1.29, 1.82) is 0 Å². The number of nitrogens with zero attached hydrogens (tertiary/aromatic N) is 1. The first-order valence-electron chi connectivity index (χ1n) is 6.63. The van der Waals surface area contributed by atoms with Crippen LogP contribution in [0.2, 0.25) is 0 Å². The molecule has 1 heterocycles. The van der Waals surface area contributed by atoms with Gasteiger partial charge in [-0.3, -0.25) is 14.5 Å². The average Bonchev–Trinajstić information content (AvgIpc) is 2.43. The highest BCUT2D eigenvalue weighted by molar-refractivity contribution is 8.29. The first-order valence-corrected chi connectivity index (χ1v) is 9.48. The average molecular weight is 365 g/mol. The van der Waals surface area contributed by atoms with E-state index in [0.29, 0.717) is 23.0 Å². The van der Waals surface area contributed by atoms with E-state index in [9.17, 15) is 19.5 Å². The molecule has 1 saturated heterocycles. The van der Waals surface area contributed by atoms with Crippen molar-refractivity contribution < 1.29 is 24.2 Å². The summed E-state index contributed by atoms with van der Waals surface area (Å²) in [5.74, 6) is -0.120. The van der Waals surface area contributed by atoms with E-state index in [4.69, 9.17) is 4.74 Å². The van der Waals surface area contributed by atoms with Crippen LogP contribution in [0, 0.1) is 0 Å². The van der Waals surface area contributed by atoms with E-state index >= 15 is 0 Å². The van der Waals surface area contributed by atoms with E-state index in [-0.39, 0.29) is 22.1 Å². The largest absolute Gasteiger partial charge is 0.477 e. The lowest BCUT2D eigenvalue weighted by Gasteiger charge is -2.40. The molecule has 0 aromatic heterocycles. The van der Waals surface area contributed by atoms with Gasteiger partial charge >= 0.3 is 5.97 Å². The summed E-state index contributed by atoms with van der Waals surface area (Å²) in [6, 6.07) is 0. The Bertz CT molecular complexity index is 480. The van der Waals surface area contributed by atoms with Crippen LogP contribution in [-0.4, -0.2) is 57.6 Å². The number of β-lactam (4-membered cyclic amide) rings is 1. The Kier molecular flexibility index (Phi) is 8.37. The van der Waals surface area contributed by atoms with Crippen molar-refractivity contribution in [2.75, 3.05) is 25.2 Å². The molecule has 0 spiro atoms. The summed E-state index contributed by atoms with van der Waals surface area (Å²) < 4.78 is 5.29. The van der Waals surface area contributed by atoms with Gasteiger partial charge in [-0.1, -0.05) is 6.92 Å². The third-order valence-corrected chi connectivity index (χ3v) is 5.85. The summed E-state index contributed by atoms with van der Waals surface area (Å²) in [5.41, 5.74) is -0.0940. The number of likely N-dealkylation sites (tertiary alicyclic amines) is 1. The lowest BCUT2D eigenvalue weighted by Crippen LogP contribution is -2.51. The second-order valence-electron chi connectivity index (χ2n) is 4.25. The summed E-state index contributed by atoms with van der Waals surface area (Å²) in [7, 11) is 1.55. The number of methoxy groups -OCH3 is 1. The molecule has 0 bridgehead atoms. The van der Waals surface area contributed by atoms with Gasteiger partial charge in [-0.05, 0) is 17.5 Å². The van der Waals surface area contributed by atoms with Crippen LogP contribution in [0.1, 0.15) is 20.3 Å². The number of carbonyl (C=O) groups excluding carboxylic acids is 2. The lowest BCUT2D eigenvalue weighted by molar-refractivity contribution is -0.145. The molecule has 0 aromatic rings. The summed E-state index contributed by atoms with van der Waals surface area (Å²) >= 11 is 3.59. The molecule has 1 aliphatic heterocycles. The van der Waals surface area contributed by atoms with E-state index in [1.54, 1.807) is 7.11 Å². The van der Waals surface area contributed by atoms with Gasteiger partial charge in [0.05, 0.1) is 22.6 Å². The van der Waals surface area contributed by atoms with Crippen LogP contribution >= 0.6 is 35.3 Å². The maximum Gasteiger partial charge on any atom is 0.354 e. The van der Waals surface area contributed by atoms with E-state index < -0.39 is 5.97 Å². The Morgan fingerprint density at radius 1 is 1.45 bits per heavy atom. The minimum absolute atomic E-state index is 0.0940. The third kappa shape index (κ3) is 5.22. The molecule has 0 aromatic carbocycles. The zero-order valence-electron chi connectivity index (χ0n) is 12.7. The fourth-order valence-electron chi connectivity index (χ4n) is 1.76. The molecule has 1 unspecified atom stereocenters. The third-order valence-electron chi connectivity index (χ3n) is 2.66. The van der Waals surface area contributed by atoms with Crippen molar-refractivity contribution in [2.45, 2.75) is 25.6 Å². The van der Waals surface area contributed by atoms with E-state index in [0.717, 1.165) is 17.5 Å². The molecular formula is C13H19NO5S3. The molecule has 1 rings (SSSR count). The molecule has 6 nitrogen and oxygen atoms in total. The van der Waals surface area contributed by atoms with Gasteiger partial charge in [0, 0.05) is 19.8 Å². The summed E-state index contributed by atoms with van der Waals surface area (Å²) in [4.78, 5) is 36.2. The number of thioether (sulfide) groups is 3. The van der Waals surface area contributed by atoms with Crippen molar-refractivity contribution in [3.8, 4) is 0 Å². The lowest BCUT2D eigenvalue weighted by atomic mass is 10.2. The number of amides is 1. The molecule has 124 valence electrons. The number of aliphatic carboxylic acids is 1. The minimum atomic E-state index is -1.19. The van der Waals surface area contributed by atoms with Gasteiger partial charge in [0.15, 0.2) is 10.8 Å². The second-order valence-corrected chi connectivity index (χ2v) is 8.26. The number of carboxylic acid groups (broad SMARTS) is 1. The maximum atomic E-state index is 11.9. The predicted molar refractivity (Wildman–Crippen MR) is 90.7 cm³/mol. The van der Waals surface area contributed by atoms with Crippen molar-refractivity contribution in [3.05, 3.63) is 9.93 Å². The normalized spacial score (nSPS) is 18.8. The van der Waals surface area contributed by atoms with Crippen molar-refractivity contribution in [3.63, 3.8) is 0 Å². The second kappa shape index (κ2) is 9.49. The van der Waals surface area contributed by atoms with Crippen molar-refractivity contribution in [1.82, 2.24) is 4.90 Å². The SMILES string of the molecule is CCSC1CC(=O)N1/C(C(=O)O)=C(\SCCOC)SC(C)=O. The number of hydrogen-bond donors (Lipinski definition) is 1. The molecule has 0 aliphatic carbocycles. The van der Waals surface area contributed by atoms with Crippen LogP contribution in [0.25, 0.3) is 0 Å². The van der Waals surface area contributed by atoms with Crippen LogP contribution in [0.4, 0.5) is 0 Å². The summed E-state index contributed by atoms with van der Waals surface area (Å²) in [5, 5.41) is 9.13. The number of rotatable bonds is 9. The highest BCUT2D eigenvalue weighted by Gasteiger charge is 2.42. The molecule has 1 fully saturated rings. The van der Waals surface area contributed by atoms with Gasteiger partial charge in [-0.2, -0.15) is 0 Å². The minimum Gasteiger partial charge on any atom is -0.477 e.